The van der Waals surface area contributed by atoms with Crippen molar-refractivity contribution in [2.75, 3.05) is 20.6 Å². The first-order valence-corrected chi connectivity index (χ1v) is 13.8. The van der Waals surface area contributed by atoms with Crippen molar-refractivity contribution in [3.63, 3.8) is 0 Å². The van der Waals surface area contributed by atoms with Crippen LogP contribution in [0, 0.1) is 18.2 Å². The van der Waals surface area contributed by atoms with Crippen LogP contribution in [-0.2, 0) is 11.2 Å². The van der Waals surface area contributed by atoms with Crippen LogP contribution in [0.3, 0.4) is 0 Å². The molecular weight excluding hydrogens is 512 g/mol. The molecule has 1 fully saturated rings. The van der Waals surface area contributed by atoms with Gasteiger partial charge in [-0.05, 0) is 58.0 Å². The van der Waals surface area contributed by atoms with Crippen LogP contribution in [0.5, 0.6) is 0 Å². The number of thiazole rings is 1. The fourth-order valence-corrected chi connectivity index (χ4v) is 6.59. The minimum atomic E-state index is -4.42. The number of amides is 2. The van der Waals surface area contributed by atoms with Crippen molar-refractivity contribution in [3.05, 3.63) is 51.2 Å². The highest BCUT2D eigenvalue weighted by atomic mass is 32.1. The lowest BCUT2D eigenvalue weighted by Crippen LogP contribution is -2.58. The predicted molar refractivity (Wildman–Crippen MR) is 132 cm³/mol. The number of primary amides is 1. The number of benzene rings is 1. The van der Waals surface area contributed by atoms with Crippen LogP contribution in [-0.4, -0.2) is 63.2 Å². The molecule has 12 heteroatoms. The summed E-state index contributed by atoms with van der Waals surface area (Å²) >= 11 is 1.19. The van der Waals surface area contributed by atoms with Gasteiger partial charge in [0.1, 0.15) is 5.82 Å². The van der Waals surface area contributed by atoms with Gasteiger partial charge in [-0.2, -0.15) is 13.2 Å². The summed E-state index contributed by atoms with van der Waals surface area (Å²) in [5, 5.41) is 2.57. The Morgan fingerprint density at radius 1 is 1.31 bits per heavy atom. The summed E-state index contributed by atoms with van der Waals surface area (Å²) in [6.45, 7) is 3.89. The summed E-state index contributed by atoms with van der Waals surface area (Å²) < 4.78 is 56.2. The van der Waals surface area contributed by atoms with Crippen molar-refractivity contribution in [2.24, 2.45) is 11.1 Å². The minimum absolute atomic E-state index is 0.0160. The van der Waals surface area contributed by atoms with E-state index in [0.717, 1.165) is 4.88 Å². The van der Waals surface area contributed by atoms with E-state index in [1.54, 1.807) is 13.0 Å². The van der Waals surface area contributed by atoms with Crippen LogP contribution in [0.15, 0.2) is 24.4 Å². The third kappa shape index (κ3) is 5.81. The number of aryl methyl sites for hydroxylation is 1. The van der Waals surface area contributed by atoms with E-state index < -0.39 is 40.3 Å². The lowest BCUT2D eigenvalue weighted by Gasteiger charge is -2.40. The van der Waals surface area contributed by atoms with E-state index in [-0.39, 0.29) is 40.9 Å². The summed E-state index contributed by atoms with van der Waals surface area (Å²) in [6, 6.07) is 4.20. The van der Waals surface area contributed by atoms with Gasteiger partial charge in [0.2, 0.25) is 5.91 Å². The maximum atomic E-state index is 14.3. The zero-order valence-electron chi connectivity index (χ0n) is 20.6. The van der Waals surface area contributed by atoms with Crippen LogP contribution in [0.2, 0.25) is 6.55 Å². The van der Waals surface area contributed by atoms with Crippen LogP contribution in [0.25, 0.3) is 0 Å². The van der Waals surface area contributed by atoms with Gasteiger partial charge < -0.3 is 16.0 Å². The summed E-state index contributed by atoms with van der Waals surface area (Å²) in [4.78, 5) is 31.3. The number of hydrogen-bond acceptors (Lipinski definition) is 5. The maximum Gasteiger partial charge on any atom is 0.395 e. The third-order valence-electron chi connectivity index (χ3n) is 7.04. The number of alkyl halides is 3. The monoisotopic (exact) mass is 542 g/mol. The molecule has 1 aromatic carbocycles. The Hall–Kier alpha value is -2.31. The van der Waals surface area contributed by atoms with E-state index in [2.05, 4.69) is 10.3 Å². The Balaban J connectivity index is 1.78. The zero-order valence-corrected chi connectivity index (χ0v) is 22.4. The van der Waals surface area contributed by atoms with Gasteiger partial charge in [0.15, 0.2) is 0 Å². The van der Waals surface area contributed by atoms with Crippen LogP contribution >= 0.6 is 11.3 Å². The lowest BCUT2D eigenvalue weighted by molar-refractivity contribution is -0.194. The van der Waals surface area contributed by atoms with Crippen molar-refractivity contribution in [3.8, 4) is 0 Å². The molecule has 0 bridgehead atoms. The molecule has 1 heterocycles. The average Bonchev–Trinajstić information content (AvgIpc) is 3.50. The summed E-state index contributed by atoms with van der Waals surface area (Å²) in [7, 11) is 3.95. The predicted octanol–water partition coefficient (Wildman–Crippen LogP) is 3.87. The Morgan fingerprint density at radius 2 is 1.97 bits per heavy atom. The molecule has 6 nitrogen and oxygen atoms in total. The molecule has 0 unspecified atom stereocenters. The van der Waals surface area contributed by atoms with Gasteiger partial charge in [-0.15, -0.1) is 11.3 Å². The lowest BCUT2D eigenvalue weighted by atomic mass is 9.85. The quantitative estimate of drug-likeness (QED) is 0.333. The third-order valence-corrected chi connectivity index (χ3v) is 9.80. The standard InChI is InChI=1S/C24H30F4N4O2SSi/c1-14-12-30-21(35-14)17(22(7-8-22)24(26,27)28)10-19(33)31-13-23(36-4,32(2)3)11-15-5-6-16(20(29)34)18(25)9-15/h5-6,9,12,17H,7-8,10-11,13H2,1-4H3,(H2,29,34)(H,31,33)/t17-,23+/m1/s1. The number of carbonyl (C=O) groups excluding carboxylic acids is 2. The smallest absolute Gasteiger partial charge is 0.366 e. The highest BCUT2D eigenvalue weighted by molar-refractivity contribution is 7.11. The Bertz CT molecular complexity index is 1120. The Labute approximate surface area is 214 Å². The van der Waals surface area contributed by atoms with E-state index in [0.29, 0.717) is 17.0 Å². The molecule has 1 aliphatic rings. The largest absolute Gasteiger partial charge is 0.395 e. The summed E-state index contributed by atoms with van der Waals surface area (Å²) in [5.41, 5.74) is 3.67. The average molecular weight is 543 g/mol. The number of rotatable bonds is 11. The molecule has 2 radical (unpaired) electrons. The molecule has 196 valence electrons. The van der Waals surface area contributed by atoms with Gasteiger partial charge in [-0.1, -0.05) is 12.6 Å². The second kappa shape index (κ2) is 10.6. The van der Waals surface area contributed by atoms with Crippen LogP contribution < -0.4 is 11.1 Å². The molecule has 0 aliphatic heterocycles. The van der Waals surface area contributed by atoms with E-state index in [9.17, 15) is 27.2 Å². The van der Waals surface area contributed by atoms with Gasteiger partial charge in [0, 0.05) is 35.1 Å². The van der Waals surface area contributed by atoms with Crippen molar-refractivity contribution in [1.82, 2.24) is 15.2 Å². The Morgan fingerprint density at radius 3 is 2.42 bits per heavy atom. The van der Waals surface area contributed by atoms with Gasteiger partial charge in [-0.3, -0.25) is 9.59 Å². The molecule has 3 rings (SSSR count). The van der Waals surface area contributed by atoms with E-state index in [4.69, 9.17) is 5.73 Å². The molecule has 0 saturated heterocycles. The zero-order chi connectivity index (χ0) is 26.9. The fourth-order valence-electron chi connectivity index (χ4n) is 4.50. The first kappa shape index (κ1) is 28.3. The van der Waals surface area contributed by atoms with Gasteiger partial charge >= 0.3 is 6.18 Å². The van der Waals surface area contributed by atoms with Crippen molar-refractivity contribution in [1.29, 1.82) is 0 Å². The topological polar surface area (TPSA) is 88.3 Å². The van der Waals surface area contributed by atoms with E-state index in [1.165, 1.54) is 29.7 Å². The summed E-state index contributed by atoms with van der Waals surface area (Å²) in [5.74, 6) is -3.10. The number of carbonyl (C=O) groups is 2. The number of likely N-dealkylation sites (N-methyl/N-ethyl adjacent to an activating group) is 1. The molecule has 3 N–H and O–H groups in total. The van der Waals surface area contributed by atoms with Crippen LogP contribution in [0.4, 0.5) is 17.6 Å². The molecule has 1 saturated carbocycles. The van der Waals surface area contributed by atoms with Gasteiger partial charge in [0.05, 0.1) is 25.5 Å². The molecule has 0 spiro atoms. The highest BCUT2D eigenvalue weighted by Crippen LogP contribution is 2.66. The van der Waals surface area contributed by atoms with E-state index >= 15 is 0 Å². The number of aromatic nitrogens is 1. The fraction of sp³-hybridized carbons (Fsp3) is 0.542. The first-order chi connectivity index (χ1) is 16.7. The van der Waals surface area contributed by atoms with Crippen molar-refractivity contribution in [2.45, 2.75) is 56.4 Å². The SMILES string of the molecule is C[Si][C@](CNC(=O)C[C@H](c1ncc(C)s1)C1(C(F)(F)F)CC1)(Cc1ccc(C(N)=O)c(F)c1)N(C)C. The number of hydrogen-bond donors (Lipinski definition) is 2. The second-order valence-electron chi connectivity index (χ2n) is 9.53. The molecule has 1 aromatic heterocycles. The van der Waals surface area contributed by atoms with E-state index in [1.807, 2.05) is 25.5 Å². The van der Waals surface area contributed by atoms with Crippen LogP contribution in [0.1, 0.15) is 51.0 Å². The molecule has 2 aromatic rings. The maximum absolute atomic E-state index is 14.3. The molecule has 1 aliphatic carbocycles. The number of halogens is 4. The molecular formula is C24H30F4N4O2SSi. The van der Waals surface area contributed by atoms with Crippen molar-refractivity contribution >= 4 is 32.7 Å². The molecule has 2 amide bonds. The summed E-state index contributed by atoms with van der Waals surface area (Å²) in [6.07, 6.45) is -2.88. The first-order valence-electron chi connectivity index (χ1n) is 11.4. The normalized spacial score (nSPS) is 17.5. The highest BCUT2D eigenvalue weighted by Gasteiger charge is 2.68. The second-order valence-corrected chi connectivity index (χ2v) is 12.2. The number of nitrogens with one attached hydrogen (secondary N) is 1. The van der Waals surface area contributed by atoms with Crippen molar-refractivity contribution < 1.29 is 27.2 Å². The molecule has 2 atom stereocenters. The number of nitrogens with two attached hydrogens (primary N) is 1. The Kier molecular flexibility index (Phi) is 8.31. The number of nitrogens with zero attached hydrogens (tertiary/aromatic N) is 2. The van der Waals surface area contributed by atoms with Gasteiger partial charge in [0.25, 0.3) is 5.91 Å². The van der Waals surface area contributed by atoms with Gasteiger partial charge in [-0.25, -0.2) is 9.37 Å². The molecule has 36 heavy (non-hydrogen) atoms. The minimum Gasteiger partial charge on any atom is -0.366 e.